The summed E-state index contributed by atoms with van der Waals surface area (Å²) < 4.78 is 24.6. The predicted molar refractivity (Wildman–Crippen MR) is 68.7 cm³/mol. The summed E-state index contributed by atoms with van der Waals surface area (Å²) in [6.45, 7) is 6.87. The molecule has 1 N–H and O–H groups in total. The largest absolute Gasteiger partial charge is 0.313 e. The molecule has 1 heterocycles. The molecular formula is C11H19NO2S2. The van der Waals surface area contributed by atoms with Gasteiger partial charge in [-0.25, -0.2) is 8.42 Å². The van der Waals surface area contributed by atoms with Crippen LogP contribution in [0.2, 0.25) is 0 Å². The Labute approximate surface area is 102 Å². The molecule has 0 aliphatic carbocycles. The third kappa shape index (κ3) is 3.57. The minimum Gasteiger partial charge on any atom is -0.313 e. The summed E-state index contributed by atoms with van der Waals surface area (Å²) in [4.78, 5) is 0. The van der Waals surface area contributed by atoms with E-state index in [0.29, 0.717) is 10.1 Å². The Kier molecular flexibility index (Phi) is 4.95. The molecule has 0 saturated heterocycles. The topological polar surface area (TPSA) is 46.2 Å². The fraction of sp³-hybridized carbons (Fsp3) is 0.636. The molecule has 1 unspecified atom stereocenters. The van der Waals surface area contributed by atoms with E-state index in [1.807, 2.05) is 20.8 Å². The number of sulfone groups is 1. The molecule has 0 aromatic carbocycles. The van der Waals surface area contributed by atoms with E-state index >= 15 is 0 Å². The van der Waals surface area contributed by atoms with E-state index in [0.717, 1.165) is 6.54 Å². The molecule has 0 bridgehead atoms. The smallest absolute Gasteiger partial charge is 0.189 e. The molecule has 1 atom stereocenters. The van der Waals surface area contributed by atoms with Crippen LogP contribution >= 0.6 is 11.3 Å². The lowest BCUT2D eigenvalue weighted by atomic mass is 10.1. The van der Waals surface area contributed by atoms with Gasteiger partial charge < -0.3 is 5.32 Å². The number of thiophene rings is 1. The Morgan fingerprint density at radius 2 is 2.12 bits per heavy atom. The zero-order valence-electron chi connectivity index (χ0n) is 9.93. The molecule has 0 aliphatic rings. The van der Waals surface area contributed by atoms with Gasteiger partial charge in [0.15, 0.2) is 9.84 Å². The normalized spacial score (nSPS) is 14.2. The number of hydrogen-bond acceptors (Lipinski definition) is 4. The molecule has 5 heteroatoms. The van der Waals surface area contributed by atoms with Crippen LogP contribution in [0.5, 0.6) is 0 Å². The van der Waals surface area contributed by atoms with Gasteiger partial charge in [-0.3, -0.25) is 0 Å². The second-order valence-electron chi connectivity index (χ2n) is 4.12. The van der Waals surface area contributed by atoms with Crippen molar-refractivity contribution >= 4 is 21.2 Å². The van der Waals surface area contributed by atoms with Crippen LogP contribution in [-0.4, -0.2) is 26.8 Å². The van der Waals surface area contributed by atoms with Gasteiger partial charge >= 0.3 is 0 Å². The summed E-state index contributed by atoms with van der Waals surface area (Å²) in [5.74, 6) is 0.494. The van der Waals surface area contributed by atoms with Gasteiger partial charge in [0, 0.05) is 6.04 Å². The van der Waals surface area contributed by atoms with Crippen molar-refractivity contribution in [1.29, 1.82) is 0 Å². The van der Waals surface area contributed by atoms with E-state index in [2.05, 4.69) is 5.32 Å². The molecule has 0 radical (unpaired) electrons. The van der Waals surface area contributed by atoms with Crippen molar-refractivity contribution in [1.82, 2.24) is 5.32 Å². The van der Waals surface area contributed by atoms with E-state index in [1.54, 1.807) is 17.5 Å². The first-order chi connectivity index (χ1) is 7.47. The van der Waals surface area contributed by atoms with E-state index < -0.39 is 9.84 Å². The van der Waals surface area contributed by atoms with Gasteiger partial charge in [0.25, 0.3) is 0 Å². The van der Waals surface area contributed by atoms with Crippen molar-refractivity contribution in [3.05, 3.63) is 17.5 Å². The Bertz CT molecular complexity index is 396. The molecule has 0 amide bonds. The molecule has 3 nitrogen and oxygen atoms in total. The fourth-order valence-corrected chi connectivity index (χ4v) is 4.34. The predicted octanol–water partition coefficient (Wildman–Crippen LogP) is 2.16. The minimum absolute atomic E-state index is 0.0251. The van der Waals surface area contributed by atoms with Gasteiger partial charge in [-0.05, 0) is 23.9 Å². The average Bonchev–Trinajstić information content (AvgIpc) is 2.69. The van der Waals surface area contributed by atoms with Crippen LogP contribution in [0.1, 0.15) is 20.8 Å². The molecule has 1 rings (SSSR count). The van der Waals surface area contributed by atoms with Crippen molar-refractivity contribution in [2.24, 2.45) is 5.92 Å². The maximum absolute atomic E-state index is 12.1. The maximum atomic E-state index is 12.1. The second kappa shape index (κ2) is 5.80. The molecule has 92 valence electrons. The van der Waals surface area contributed by atoms with Gasteiger partial charge in [-0.2, -0.15) is 0 Å². The van der Waals surface area contributed by atoms with Crippen LogP contribution in [0.25, 0.3) is 0 Å². The van der Waals surface area contributed by atoms with Gasteiger partial charge in [-0.1, -0.05) is 26.8 Å². The summed E-state index contributed by atoms with van der Waals surface area (Å²) in [5, 5.41) is 5.02. The summed E-state index contributed by atoms with van der Waals surface area (Å²) in [5.41, 5.74) is 0. The highest BCUT2D eigenvalue weighted by molar-refractivity contribution is 7.93. The number of hydrogen-bond donors (Lipinski definition) is 1. The van der Waals surface area contributed by atoms with Crippen LogP contribution in [0.15, 0.2) is 21.7 Å². The lowest BCUT2D eigenvalue weighted by Crippen LogP contribution is -2.39. The van der Waals surface area contributed by atoms with Crippen molar-refractivity contribution in [3.8, 4) is 0 Å². The quantitative estimate of drug-likeness (QED) is 0.853. The van der Waals surface area contributed by atoms with Gasteiger partial charge in [0.05, 0.1) is 5.75 Å². The average molecular weight is 261 g/mol. The molecular weight excluding hydrogens is 242 g/mol. The Morgan fingerprint density at radius 3 is 2.56 bits per heavy atom. The first-order valence-electron chi connectivity index (χ1n) is 5.47. The van der Waals surface area contributed by atoms with Gasteiger partial charge in [0.1, 0.15) is 4.21 Å². The zero-order valence-corrected chi connectivity index (χ0v) is 11.6. The molecule has 0 aliphatic heterocycles. The van der Waals surface area contributed by atoms with E-state index in [-0.39, 0.29) is 11.8 Å². The van der Waals surface area contributed by atoms with Crippen LogP contribution in [0.4, 0.5) is 0 Å². The van der Waals surface area contributed by atoms with Crippen LogP contribution in [0.3, 0.4) is 0 Å². The second-order valence-corrected chi connectivity index (χ2v) is 7.33. The van der Waals surface area contributed by atoms with E-state index in [4.69, 9.17) is 0 Å². The maximum Gasteiger partial charge on any atom is 0.189 e. The van der Waals surface area contributed by atoms with E-state index in [9.17, 15) is 8.42 Å². The number of rotatable bonds is 6. The highest BCUT2D eigenvalue weighted by Crippen LogP contribution is 2.19. The van der Waals surface area contributed by atoms with Crippen LogP contribution in [0, 0.1) is 5.92 Å². The molecule has 1 aromatic rings. The van der Waals surface area contributed by atoms with Crippen molar-refractivity contribution < 1.29 is 8.42 Å². The third-order valence-electron chi connectivity index (χ3n) is 2.47. The Morgan fingerprint density at radius 1 is 1.44 bits per heavy atom. The van der Waals surface area contributed by atoms with Crippen LogP contribution in [-0.2, 0) is 9.84 Å². The summed E-state index contributed by atoms with van der Waals surface area (Å²) >= 11 is 1.29. The Balaban J connectivity index is 2.78. The molecule has 0 spiro atoms. The third-order valence-corrected chi connectivity index (χ3v) is 5.73. The highest BCUT2D eigenvalue weighted by atomic mass is 32.2. The fourth-order valence-electron chi connectivity index (χ4n) is 1.51. The first kappa shape index (κ1) is 13.7. The molecule has 0 saturated carbocycles. The first-order valence-corrected chi connectivity index (χ1v) is 8.00. The van der Waals surface area contributed by atoms with Crippen molar-refractivity contribution in [3.63, 3.8) is 0 Å². The van der Waals surface area contributed by atoms with Crippen LogP contribution < -0.4 is 5.32 Å². The minimum atomic E-state index is -3.13. The zero-order chi connectivity index (χ0) is 12.2. The Hall–Kier alpha value is -0.390. The number of nitrogens with one attached hydrogen (secondary N) is 1. The standard InChI is InChI=1S/C11H19NO2S2/c1-4-12-10(9(2)3)8-16(13,14)11-6-5-7-15-11/h5-7,9-10,12H,4,8H2,1-3H3. The summed E-state index contributed by atoms with van der Waals surface area (Å²) in [7, 11) is -3.13. The van der Waals surface area contributed by atoms with Crippen molar-refractivity contribution in [2.45, 2.75) is 31.0 Å². The van der Waals surface area contributed by atoms with Gasteiger partial charge in [-0.15, -0.1) is 11.3 Å². The lowest BCUT2D eigenvalue weighted by Gasteiger charge is -2.21. The molecule has 16 heavy (non-hydrogen) atoms. The van der Waals surface area contributed by atoms with Crippen molar-refractivity contribution in [2.75, 3.05) is 12.3 Å². The SMILES string of the molecule is CCNC(CS(=O)(=O)c1cccs1)C(C)C. The highest BCUT2D eigenvalue weighted by Gasteiger charge is 2.23. The molecule has 0 fully saturated rings. The van der Waals surface area contributed by atoms with E-state index in [1.165, 1.54) is 11.3 Å². The van der Waals surface area contributed by atoms with Gasteiger partial charge in [0.2, 0.25) is 0 Å². The summed E-state index contributed by atoms with van der Waals surface area (Å²) in [6.07, 6.45) is 0. The monoisotopic (exact) mass is 261 g/mol. The summed E-state index contributed by atoms with van der Waals surface area (Å²) in [6, 6.07) is 3.47. The lowest BCUT2D eigenvalue weighted by molar-refractivity contribution is 0.435. The molecule has 1 aromatic heterocycles.